The molecule has 2 saturated heterocycles. The number of H-pyrrole nitrogens is 2. The predicted octanol–water partition coefficient (Wildman–Crippen LogP) is -1.81. The van der Waals surface area contributed by atoms with Crippen LogP contribution in [-0.2, 0) is 18.3 Å². The molecule has 0 saturated carbocycles. The normalized spacial score (nSPS) is 37.1. The first-order valence-corrected chi connectivity index (χ1v) is 8.04. The maximum Gasteiger partial charge on any atom is 0.472 e. The molecule has 2 aliphatic heterocycles. The number of hydrogen-bond acceptors (Lipinski definition) is 8. The summed E-state index contributed by atoms with van der Waals surface area (Å²) in [6.07, 6.45) is -3.06. The van der Waals surface area contributed by atoms with Crippen LogP contribution in [0.4, 0.5) is 0 Å². The molecule has 0 aromatic carbocycles. The Labute approximate surface area is 126 Å². The monoisotopic (exact) mass is 346 g/mol. The highest BCUT2D eigenvalue weighted by Crippen LogP contribution is 2.52. The van der Waals surface area contributed by atoms with E-state index in [1.807, 2.05) is 4.98 Å². The van der Waals surface area contributed by atoms with Crippen molar-refractivity contribution < 1.29 is 28.3 Å². The molecule has 124 valence electrons. The lowest BCUT2D eigenvalue weighted by atomic mass is 10.1. The van der Waals surface area contributed by atoms with Crippen molar-refractivity contribution in [1.82, 2.24) is 19.5 Å². The van der Waals surface area contributed by atoms with Gasteiger partial charge in [0.05, 0.1) is 12.9 Å². The number of phosphoric ester groups is 1. The summed E-state index contributed by atoms with van der Waals surface area (Å²) in [6, 6.07) is 0. The zero-order chi connectivity index (χ0) is 16.4. The summed E-state index contributed by atoms with van der Waals surface area (Å²) >= 11 is 0. The Morgan fingerprint density at radius 3 is 2.96 bits per heavy atom. The molecular formula is C10H11N4O8P. The molecule has 2 aromatic heterocycles. The highest BCUT2D eigenvalue weighted by Gasteiger charge is 2.52. The number of nitrogens with one attached hydrogen (secondary N) is 2. The van der Waals surface area contributed by atoms with Gasteiger partial charge in [0.1, 0.15) is 24.0 Å². The van der Waals surface area contributed by atoms with Gasteiger partial charge in [0.15, 0.2) is 11.7 Å². The van der Waals surface area contributed by atoms with Gasteiger partial charge in [0, 0.05) is 0 Å². The minimum atomic E-state index is -4.24. The number of fused-ring (bicyclic) bond motifs is 2. The molecule has 12 nitrogen and oxygen atoms in total. The van der Waals surface area contributed by atoms with E-state index in [1.54, 1.807) is 0 Å². The first-order valence-electron chi connectivity index (χ1n) is 6.54. The molecule has 0 aliphatic carbocycles. The minimum absolute atomic E-state index is 0.0414. The van der Waals surface area contributed by atoms with E-state index in [0.717, 1.165) is 0 Å². The first-order chi connectivity index (χ1) is 10.9. The fourth-order valence-electron chi connectivity index (χ4n) is 2.71. The number of nitrogens with zero attached hydrogens (tertiary/aromatic N) is 2. The zero-order valence-corrected chi connectivity index (χ0v) is 12.2. The summed E-state index contributed by atoms with van der Waals surface area (Å²) in [6.45, 7) is -0.240. The Hall–Kier alpha value is -1.82. The largest absolute Gasteiger partial charge is 0.472 e. The number of phosphoric acid groups is 1. The van der Waals surface area contributed by atoms with E-state index in [9.17, 15) is 24.2 Å². The van der Waals surface area contributed by atoms with Gasteiger partial charge in [-0.25, -0.2) is 14.3 Å². The molecule has 0 radical (unpaired) electrons. The average molecular weight is 346 g/mol. The second-order valence-corrected chi connectivity index (χ2v) is 6.55. The van der Waals surface area contributed by atoms with Gasteiger partial charge < -0.3 is 14.7 Å². The first kappa shape index (κ1) is 14.8. The van der Waals surface area contributed by atoms with E-state index in [2.05, 4.69) is 14.5 Å². The third-order valence-electron chi connectivity index (χ3n) is 3.71. The highest BCUT2D eigenvalue weighted by molar-refractivity contribution is 7.47. The maximum atomic E-state index is 11.7. The second kappa shape index (κ2) is 4.84. The van der Waals surface area contributed by atoms with Gasteiger partial charge in [-0.05, 0) is 0 Å². The topological polar surface area (TPSA) is 169 Å². The van der Waals surface area contributed by atoms with Crippen molar-refractivity contribution in [3.8, 4) is 0 Å². The van der Waals surface area contributed by atoms with Crippen LogP contribution in [0.3, 0.4) is 0 Å². The number of ether oxygens (including phenoxy) is 1. The fraction of sp³-hybridized carbons (Fsp3) is 0.500. The molecule has 2 aromatic rings. The van der Waals surface area contributed by atoms with Crippen molar-refractivity contribution in [3.63, 3.8) is 0 Å². The average Bonchev–Trinajstić information content (AvgIpc) is 3.00. The Morgan fingerprint density at radius 1 is 1.39 bits per heavy atom. The summed E-state index contributed by atoms with van der Waals surface area (Å²) in [5.41, 5.74) is -1.42. The maximum absolute atomic E-state index is 11.7. The summed E-state index contributed by atoms with van der Waals surface area (Å²) in [7, 11) is -4.24. The van der Waals surface area contributed by atoms with Crippen molar-refractivity contribution in [2.75, 3.05) is 6.61 Å². The van der Waals surface area contributed by atoms with E-state index in [1.165, 1.54) is 10.9 Å². The SMILES string of the molecule is O=c1[nH]c(=O)c2ncn([C@H]3O[C@H]4COP(=O)(O)O[C@H]4[C@@H]3O)c2[nH]1. The molecule has 0 spiro atoms. The number of rotatable bonds is 1. The van der Waals surface area contributed by atoms with Crippen LogP contribution in [0.1, 0.15) is 6.23 Å². The molecule has 2 fully saturated rings. The van der Waals surface area contributed by atoms with E-state index < -0.39 is 43.6 Å². The standard InChI is InChI=1S/C10H11N4O8P/c15-5-6-3(1-20-23(18,19)22-6)21-9(5)14-2-11-4-7(14)12-10(17)13-8(4)16/h2-3,5-6,9,15H,1H2,(H,18,19)(H2,12,13,16,17)/t3-,5-,6+,9-/m0/s1. The van der Waals surface area contributed by atoms with Gasteiger partial charge in [0.25, 0.3) is 5.56 Å². The lowest BCUT2D eigenvalue weighted by Crippen LogP contribution is -2.39. The Bertz CT molecular complexity index is 933. The molecule has 2 aliphatic rings. The van der Waals surface area contributed by atoms with Crippen LogP contribution in [-0.4, -0.2) is 54.4 Å². The molecule has 23 heavy (non-hydrogen) atoms. The third-order valence-corrected chi connectivity index (χ3v) is 4.69. The third kappa shape index (κ3) is 2.27. The van der Waals surface area contributed by atoms with E-state index in [0.29, 0.717) is 0 Å². The number of aromatic amines is 2. The lowest BCUT2D eigenvalue weighted by Gasteiger charge is -2.27. The van der Waals surface area contributed by atoms with Crippen LogP contribution in [0.15, 0.2) is 15.9 Å². The van der Waals surface area contributed by atoms with Crippen LogP contribution in [0, 0.1) is 0 Å². The van der Waals surface area contributed by atoms with Crippen molar-refractivity contribution in [2.24, 2.45) is 0 Å². The summed E-state index contributed by atoms with van der Waals surface area (Å²) in [4.78, 5) is 40.7. The lowest BCUT2D eigenvalue weighted by molar-refractivity contribution is -0.0664. The molecular weight excluding hydrogens is 335 g/mol. The smallest absolute Gasteiger partial charge is 0.386 e. The van der Waals surface area contributed by atoms with Crippen LogP contribution < -0.4 is 11.2 Å². The van der Waals surface area contributed by atoms with Gasteiger partial charge in [-0.3, -0.25) is 28.4 Å². The quantitative estimate of drug-likeness (QED) is 0.435. The zero-order valence-electron chi connectivity index (χ0n) is 11.3. The Morgan fingerprint density at radius 2 is 2.17 bits per heavy atom. The highest BCUT2D eigenvalue weighted by atomic mass is 31.2. The summed E-state index contributed by atoms with van der Waals surface area (Å²) in [5.74, 6) is 0. The van der Waals surface area contributed by atoms with Crippen LogP contribution in [0.5, 0.6) is 0 Å². The molecule has 0 amide bonds. The molecule has 4 N–H and O–H groups in total. The van der Waals surface area contributed by atoms with Crippen molar-refractivity contribution in [3.05, 3.63) is 27.2 Å². The van der Waals surface area contributed by atoms with E-state index in [4.69, 9.17) is 9.26 Å². The van der Waals surface area contributed by atoms with Gasteiger partial charge in [-0.2, -0.15) is 0 Å². The molecule has 0 bridgehead atoms. The summed E-state index contributed by atoms with van der Waals surface area (Å²) < 4.78 is 27.7. The van der Waals surface area contributed by atoms with Gasteiger partial charge in [-0.15, -0.1) is 0 Å². The molecule has 4 rings (SSSR count). The van der Waals surface area contributed by atoms with Gasteiger partial charge in [0.2, 0.25) is 0 Å². The van der Waals surface area contributed by atoms with Crippen LogP contribution in [0.25, 0.3) is 11.2 Å². The van der Waals surface area contributed by atoms with E-state index in [-0.39, 0.29) is 17.8 Å². The van der Waals surface area contributed by atoms with Crippen molar-refractivity contribution >= 4 is 19.0 Å². The number of aliphatic hydroxyl groups excluding tert-OH is 1. The second-order valence-electron chi connectivity index (χ2n) is 5.15. The van der Waals surface area contributed by atoms with Gasteiger partial charge in [-0.1, -0.05) is 0 Å². The molecule has 1 unspecified atom stereocenters. The Kier molecular flexibility index (Phi) is 3.10. The molecule has 5 atom stereocenters. The predicted molar refractivity (Wildman–Crippen MR) is 71.5 cm³/mol. The van der Waals surface area contributed by atoms with Gasteiger partial charge >= 0.3 is 13.5 Å². The minimum Gasteiger partial charge on any atom is -0.386 e. The number of aliphatic hydroxyl groups is 1. The van der Waals surface area contributed by atoms with Crippen molar-refractivity contribution in [1.29, 1.82) is 0 Å². The number of imidazole rings is 1. The number of hydrogen-bond donors (Lipinski definition) is 4. The van der Waals surface area contributed by atoms with Crippen molar-refractivity contribution in [2.45, 2.75) is 24.5 Å². The number of aromatic nitrogens is 4. The molecule has 13 heteroatoms. The van der Waals surface area contributed by atoms with Crippen LogP contribution in [0.2, 0.25) is 0 Å². The Balaban J connectivity index is 1.76. The van der Waals surface area contributed by atoms with E-state index >= 15 is 0 Å². The summed E-state index contributed by atoms with van der Waals surface area (Å²) in [5, 5.41) is 10.3. The molecule has 4 heterocycles. The van der Waals surface area contributed by atoms with Crippen LogP contribution >= 0.6 is 7.82 Å². The fourth-order valence-corrected chi connectivity index (χ4v) is 3.67.